The number of amides is 1. The topological polar surface area (TPSA) is 54.0 Å². The predicted octanol–water partition coefficient (Wildman–Crippen LogP) is 2.62. The molecule has 1 amide bonds. The fourth-order valence-electron chi connectivity index (χ4n) is 2.23. The first-order valence-electron chi connectivity index (χ1n) is 6.18. The first kappa shape index (κ1) is 17.2. The number of carbonyl (C=O) groups excluding carboxylic acids is 1. The minimum Gasteiger partial charge on any atom is -0.349 e. The lowest BCUT2D eigenvalue weighted by Gasteiger charge is -2.23. The second kappa shape index (κ2) is 7.78. The third-order valence-corrected chi connectivity index (χ3v) is 4.06. The summed E-state index contributed by atoms with van der Waals surface area (Å²) >= 11 is 1.56. The average molecular weight is 334 g/mol. The molecule has 4 nitrogen and oxygen atoms in total. The van der Waals surface area contributed by atoms with Gasteiger partial charge in [-0.3, -0.25) is 4.79 Å². The van der Waals surface area contributed by atoms with Gasteiger partial charge in [-0.1, -0.05) is 0 Å². The molecule has 2 aromatic rings. The van der Waals surface area contributed by atoms with Crippen LogP contribution in [0, 0.1) is 0 Å². The molecule has 1 aromatic heterocycles. The molecule has 3 rings (SSSR count). The lowest BCUT2D eigenvalue weighted by atomic mass is 10.1. The van der Waals surface area contributed by atoms with Crippen molar-refractivity contribution in [2.45, 2.75) is 18.9 Å². The Hall–Kier alpha value is -0.880. The van der Waals surface area contributed by atoms with Crippen molar-refractivity contribution in [3.63, 3.8) is 0 Å². The number of nitrogens with zero attached hydrogens (tertiary/aromatic N) is 1. The Kier molecular flexibility index (Phi) is 6.68. The SMILES string of the molecule is Cl.Cl.O=C(NC1CCNCC1)c1ccc2ncsc2c1. The monoisotopic (exact) mass is 333 g/mol. The van der Waals surface area contributed by atoms with E-state index >= 15 is 0 Å². The second-order valence-corrected chi connectivity index (χ2v) is 5.42. The number of rotatable bonds is 2. The summed E-state index contributed by atoms with van der Waals surface area (Å²) in [5.41, 5.74) is 3.49. The normalized spacial score (nSPS) is 15.2. The van der Waals surface area contributed by atoms with Crippen molar-refractivity contribution in [1.29, 1.82) is 0 Å². The van der Waals surface area contributed by atoms with Crippen molar-refractivity contribution in [3.05, 3.63) is 29.3 Å². The van der Waals surface area contributed by atoms with Gasteiger partial charge in [0.15, 0.2) is 0 Å². The van der Waals surface area contributed by atoms with E-state index in [-0.39, 0.29) is 30.7 Å². The minimum absolute atomic E-state index is 0. The molecule has 1 aliphatic heterocycles. The molecule has 20 heavy (non-hydrogen) atoms. The van der Waals surface area contributed by atoms with Crippen LogP contribution < -0.4 is 10.6 Å². The van der Waals surface area contributed by atoms with Gasteiger partial charge >= 0.3 is 0 Å². The summed E-state index contributed by atoms with van der Waals surface area (Å²) < 4.78 is 1.06. The summed E-state index contributed by atoms with van der Waals surface area (Å²) in [5.74, 6) is 0.0252. The minimum atomic E-state index is 0. The quantitative estimate of drug-likeness (QED) is 0.888. The summed E-state index contributed by atoms with van der Waals surface area (Å²) in [4.78, 5) is 16.3. The summed E-state index contributed by atoms with van der Waals surface area (Å²) in [5, 5.41) is 6.39. The lowest BCUT2D eigenvalue weighted by Crippen LogP contribution is -2.42. The number of benzene rings is 1. The molecule has 0 bridgehead atoms. The highest BCUT2D eigenvalue weighted by Gasteiger charge is 2.16. The van der Waals surface area contributed by atoms with Gasteiger partial charge in [-0.25, -0.2) is 4.98 Å². The Labute approximate surface area is 134 Å². The van der Waals surface area contributed by atoms with Crippen molar-refractivity contribution in [1.82, 2.24) is 15.6 Å². The number of thiazole rings is 1. The van der Waals surface area contributed by atoms with Gasteiger partial charge in [0.1, 0.15) is 0 Å². The van der Waals surface area contributed by atoms with E-state index in [4.69, 9.17) is 0 Å². The van der Waals surface area contributed by atoms with E-state index in [0.717, 1.165) is 41.7 Å². The average Bonchev–Trinajstić information content (AvgIpc) is 2.87. The number of halogens is 2. The molecular weight excluding hydrogens is 317 g/mol. The standard InChI is InChI=1S/C13H15N3OS.2ClH/c17-13(16-10-3-5-14-6-4-10)9-1-2-11-12(7-9)18-8-15-11;;/h1-2,7-8,10,14H,3-6H2,(H,16,17);2*1H. The van der Waals surface area contributed by atoms with Gasteiger partial charge < -0.3 is 10.6 Å². The van der Waals surface area contributed by atoms with E-state index in [0.29, 0.717) is 6.04 Å². The molecule has 0 atom stereocenters. The number of aromatic nitrogens is 1. The van der Waals surface area contributed by atoms with Gasteiger partial charge in [-0.2, -0.15) is 0 Å². The molecule has 1 saturated heterocycles. The summed E-state index contributed by atoms with van der Waals surface area (Å²) in [6, 6.07) is 5.97. The van der Waals surface area contributed by atoms with E-state index < -0.39 is 0 Å². The number of carbonyl (C=O) groups is 1. The molecule has 0 aliphatic carbocycles. The largest absolute Gasteiger partial charge is 0.349 e. The Morgan fingerprint density at radius 2 is 2.05 bits per heavy atom. The second-order valence-electron chi connectivity index (χ2n) is 4.53. The van der Waals surface area contributed by atoms with Crippen molar-refractivity contribution in [2.75, 3.05) is 13.1 Å². The summed E-state index contributed by atoms with van der Waals surface area (Å²) in [7, 11) is 0. The molecule has 1 fully saturated rings. The zero-order valence-corrected chi connectivity index (χ0v) is 13.2. The highest BCUT2D eigenvalue weighted by atomic mass is 35.5. The first-order valence-corrected chi connectivity index (χ1v) is 7.06. The molecule has 0 unspecified atom stereocenters. The van der Waals surface area contributed by atoms with Crippen molar-refractivity contribution >= 4 is 52.3 Å². The van der Waals surface area contributed by atoms with Gasteiger partial charge in [0.05, 0.1) is 15.7 Å². The van der Waals surface area contributed by atoms with E-state index in [1.54, 1.807) is 16.8 Å². The van der Waals surface area contributed by atoms with E-state index in [1.165, 1.54) is 0 Å². The number of hydrogen-bond donors (Lipinski definition) is 2. The Morgan fingerprint density at radius 3 is 2.80 bits per heavy atom. The van der Waals surface area contributed by atoms with Crippen LogP contribution in [-0.4, -0.2) is 30.0 Å². The van der Waals surface area contributed by atoms with Crippen LogP contribution in [0.4, 0.5) is 0 Å². The van der Waals surface area contributed by atoms with Crippen LogP contribution in [0.1, 0.15) is 23.2 Å². The Bertz CT molecular complexity index is 569. The van der Waals surface area contributed by atoms with Crippen molar-refractivity contribution < 1.29 is 4.79 Å². The zero-order valence-electron chi connectivity index (χ0n) is 10.8. The van der Waals surface area contributed by atoms with Gasteiger partial charge in [0, 0.05) is 11.6 Å². The highest BCUT2D eigenvalue weighted by Crippen LogP contribution is 2.19. The Balaban J connectivity index is 0.000001000. The highest BCUT2D eigenvalue weighted by molar-refractivity contribution is 7.16. The van der Waals surface area contributed by atoms with Crippen LogP contribution in [0.2, 0.25) is 0 Å². The molecule has 7 heteroatoms. The van der Waals surface area contributed by atoms with Gasteiger partial charge in [0.25, 0.3) is 5.91 Å². The molecular formula is C13H17Cl2N3OS. The maximum atomic E-state index is 12.1. The van der Waals surface area contributed by atoms with Crippen LogP contribution >= 0.6 is 36.2 Å². The van der Waals surface area contributed by atoms with Crippen LogP contribution in [0.5, 0.6) is 0 Å². The predicted molar refractivity (Wildman–Crippen MR) is 87.5 cm³/mol. The smallest absolute Gasteiger partial charge is 0.251 e. The molecule has 110 valence electrons. The molecule has 0 spiro atoms. The fraction of sp³-hybridized carbons (Fsp3) is 0.385. The van der Waals surface area contributed by atoms with E-state index in [2.05, 4.69) is 15.6 Å². The molecule has 2 heterocycles. The molecule has 0 saturated carbocycles. The van der Waals surface area contributed by atoms with Gasteiger partial charge in [-0.05, 0) is 44.1 Å². The van der Waals surface area contributed by atoms with E-state index in [9.17, 15) is 4.79 Å². The molecule has 1 aliphatic rings. The maximum Gasteiger partial charge on any atom is 0.251 e. The lowest BCUT2D eigenvalue weighted by molar-refractivity contribution is 0.0929. The number of hydrogen-bond acceptors (Lipinski definition) is 4. The third-order valence-electron chi connectivity index (χ3n) is 3.27. The van der Waals surface area contributed by atoms with Crippen LogP contribution in [-0.2, 0) is 0 Å². The van der Waals surface area contributed by atoms with Crippen LogP contribution in [0.3, 0.4) is 0 Å². The van der Waals surface area contributed by atoms with Crippen LogP contribution in [0.15, 0.2) is 23.7 Å². The number of nitrogens with one attached hydrogen (secondary N) is 2. The summed E-state index contributed by atoms with van der Waals surface area (Å²) in [6.07, 6.45) is 2.02. The Morgan fingerprint density at radius 1 is 1.30 bits per heavy atom. The van der Waals surface area contributed by atoms with Crippen molar-refractivity contribution in [2.24, 2.45) is 0 Å². The first-order chi connectivity index (χ1) is 8.83. The fourth-order valence-corrected chi connectivity index (χ4v) is 2.95. The third kappa shape index (κ3) is 3.82. The molecule has 2 N–H and O–H groups in total. The number of piperidine rings is 1. The van der Waals surface area contributed by atoms with Gasteiger partial charge in [-0.15, -0.1) is 36.2 Å². The zero-order chi connectivity index (χ0) is 12.4. The van der Waals surface area contributed by atoms with E-state index in [1.807, 2.05) is 18.2 Å². The molecule has 0 radical (unpaired) electrons. The summed E-state index contributed by atoms with van der Waals surface area (Å²) in [6.45, 7) is 1.97. The number of fused-ring (bicyclic) bond motifs is 1. The molecule has 1 aromatic carbocycles. The van der Waals surface area contributed by atoms with Gasteiger partial charge in [0.2, 0.25) is 0 Å². The van der Waals surface area contributed by atoms with Crippen molar-refractivity contribution in [3.8, 4) is 0 Å². The van der Waals surface area contributed by atoms with Crippen LogP contribution in [0.25, 0.3) is 10.2 Å². The maximum absolute atomic E-state index is 12.1.